The Labute approximate surface area is 126 Å². The van der Waals surface area contributed by atoms with Crippen LogP contribution in [0.2, 0.25) is 0 Å². The molecule has 0 radical (unpaired) electrons. The first kappa shape index (κ1) is 14.1. The number of carbonyl (C=O) groups excluding carboxylic acids is 1. The van der Waals surface area contributed by atoms with Crippen LogP contribution in [0, 0.1) is 23.2 Å². The molecule has 2 aliphatic carbocycles. The number of nitrogens with zero attached hydrogens (tertiary/aromatic N) is 1. The van der Waals surface area contributed by atoms with Crippen LogP contribution in [-0.2, 0) is 0 Å². The van der Waals surface area contributed by atoms with Gasteiger partial charge in [-0.15, -0.1) is 0 Å². The molecule has 0 heterocycles. The Morgan fingerprint density at radius 1 is 1.05 bits per heavy atom. The van der Waals surface area contributed by atoms with E-state index in [2.05, 4.69) is 11.4 Å². The van der Waals surface area contributed by atoms with Gasteiger partial charge in [0.15, 0.2) is 0 Å². The molecule has 1 N–H and O–H groups in total. The molecule has 1 aromatic carbocycles. The van der Waals surface area contributed by atoms with Crippen molar-refractivity contribution in [3.05, 3.63) is 35.4 Å². The lowest BCUT2D eigenvalue weighted by molar-refractivity contribution is 0.0879. The molecule has 0 saturated heterocycles. The van der Waals surface area contributed by atoms with Gasteiger partial charge in [0, 0.05) is 11.6 Å². The van der Waals surface area contributed by atoms with Crippen molar-refractivity contribution in [3.63, 3.8) is 0 Å². The van der Waals surface area contributed by atoms with E-state index in [1.165, 1.54) is 32.1 Å². The summed E-state index contributed by atoms with van der Waals surface area (Å²) in [5.41, 5.74) is 1.24. The SMILES string of the molecule is N#Cc1ccc(C(=O)N[C@@H]2CC[C@H]3CCCC[C@@H]3C2)cc1. The van der Waals surface area contributed by atoms with E-state index in [9.17, 15) is 4.79 Å². The Morgan fingerprint density at radius 2 is 1.76 bits per heavy atom. The van der Waals surface area contributed by atoms with Crippen LogP contribution in [0.4, 0.5) is 0 Å². The molecule has 3 rings (SSSR count). The molecule has 0 aliphatic heterocycles. The number of nitrogens with one attached hydrogen (secondary N) is 1. The van der Waals surface area contributed by atoms with Crippen molar-refractivity contribution in [2.45, 2.75) is 51.0 Å². The zero-order valence-corrected chi connectivity index (χ0v) is 12.3. The molecule has 3 atom stereocenters. The van der Waals surface area contributed by atoms with Gasteiger partial charge in [0.25, 0.3) is 5.91 Å². The normalized spacial score (nSPS) is 28.2. The maximum Gasteiger partial charge on any atom is 0.251 e. The number of carbonyl (C=O) groups is 1. The van der Waals surface area contributed by atoms with E-state index in [1.54, 1.807) is 24.3 Å². The predicted molar refractivity (Wildman–Crippen MR) is 81.7 cm³/mol. The van der Waals surface area contributed by atoms with Crippen molar-refractivity contribution < 1.29 is 4.79 Å². The highest BCUT2D eigenvalue weighted by Crippen LogP contribution is 2.40. The van der Waals surface area contributed by atoms with Gasteiger partial charge in [-0.2, -0.15) is 5.26 Å². The summed E-state index contributed by atoms with van der Waals surface area (Å²) in [4.78, 5) is 12.3. The fourth-order valence-corrected chi connectivity index (χ4v) is 3.97. The Morgan fingerprint density at radius 3 is 2.48 bits per heavy atom. The summed E-state index contributed by atoms with van der Waals surface area (Å²) in [6.07, 6.45) is 9.01. The van der Waals surface area contributed by atoms with Gasteiger partial charge < -0.3 is 5.32 Å². The number of nitriles is 1. The smallest absolute Gasteiger partial charge is 0.251 e. The quantitative estimate of drug-likeness (QED) is 0.900. The Balaban J connectivity index is 1.58. The maximum absolute atomic E-state index is 12.3. The van der Waals surface area contributed by atoms with E-state index in [0.717, 1.165) is 24.7 Å². The summed E-state index contributed by atoms with van der Waals surface area (Å²) in [5.74, 6) is 1.72. The third-order valence-corrected chi connectivity index (χ3v) is 5.15. The minimum atomic E-state index is -0.00116. The predicted octanol–water partition coefficient (Wildman–Crippen LogP) is 3.65. The number of hydrogen-bond acceptors (Lipinski definition) is 2. The average Bonchev–Trinajstić information content (AvgIpc) is 2.55. The molecule has 21 heavy (non-hydrogen) atoms. The van der Waals surface area contributed by atoms with Gasteiger partial charge in [0.1, 0.15) is 0 Å². The van der Waals surface area contributed by atoms with Crippen LogP contribution in [-0.4, -0.2) is 11.9 Å². The minimum Gasteiger partial charge on any atom is -0.349 e. The molecule has 2 saturated carbocycles. The molecule has 2 aliphatic rings. The van der Waals surface area contributed by atoms with E-state index >= 15 is 0 Å². The fourth-order valence-electron chi connectivity index (χ4n) is 3.97. The van der Waals surface area contributed by atoms with Crippen LogP contribution in [0.5, 0.6) is 0 Å². The number of fused-ring (bicyclic) bond motifs is 1. The van der Waals surface area contributed by atoms with E-state index in [1.807, 2.05) is 0 Å². The Bertz CT molecular complexity index is 543. The topological polar surface area (TPSA) is 52.9 Å². The first-order valence-electron chi connectivity index (χ1n) is 8.07. The lowest BCUT2D eigenvalue weighted by atomic mass is 9.69. The third kappa shape index (κ3) is 3.26. The van der Waals surface area contributed by atoms with Gasteiger partial charge in [-0.05, 0) is 55.4 Å². The number of rotatable bonds is 2. The molecular weight excluding hydrogens is 260 g/mol. The van der Waals surface area contributed by atoms with Crippen LogP contribution in [0.3, 0.4) is 0 Å². The zero-order chi connectivity index (χ0) is 14.7. The Hall–Kier alpha value is -1.82. The minimum absolute atomic E-state index is 0.00116. The van der Waals surface area contributed by atoms with Crippen molar-refractivity contribution in [2.75, 3.05) is 0 Å². The van der Waals surface area contributed by atoms with Gasteiger partial charge in [0.05, 0.1) is 11.6 Å². The van der Waals surface area contributed by atoms with Gasteiger partial charge in [-0.25, -0.2) is 0 Å². The molecular formula is C18H22N2O. The molecule has 3 heteroatoms. The van der Waals surface area contributed by atoms with Crippen molar-refractivity contribution in [1.29, 1.82) is 5.26 Å². The summed E-state index contributed by atoms with van der Waals surface area (Å²) in [6.45, 7) is 0. The van der Waals surface area contributed by atoms with Crippen molar-refractivity contribution in [2.24, 2.45) is 11.8 Å². The number of amides is 1. The molecule has 0 bridgehead atoms. The average molecular weight is 282 g/mol. The van der Waals surface area contributed by atoms with E-state index in [0.29, 0.717) is 17.2 Å². The monoisotopic (exact) mass is 282 g/mol. The summed E-state index contributed by atoms with van der Waals surface area (Å²) in [5, 5.41) is 12.0. The van der Waals surface area contributed by atoms with E-state index < -0.39 is 0 Å². The summed E-state index contributed by atoms with van der Waals surface area (Å²) in [6, 6.07) is 9.28. The molecule has 3 nitrogen and oxygen atoms in total. The third-order valence-electron chi connectivity index (χ3n) is 5.15. The highest BCUT2D eigenvalue weighted by atomic mass is 16.1. The number of benzene rings is 1. The Kier molecular flexibility index (Phi) is 4.24. The van der Waals surface area contributed by atoms with Gasteiger partial charge in [-0.3, -0.25) is 4.79 Å². The van der Waals surface area contributed by atoms with Crippen LogP contribution in [0.25, 0.3) is 0 Å². The number of hydrogen-bond donors (Lipinski definition) is 1. The van der Waals surface area contributed by atoms with Gasteiger partial charge >= 0.3 is 0 Å². The van der Waals surface area contributed by atoms with E-state index in [-0.39, 0.29) is 5.91 Å². The van der Waals surface area contributed by atoms with Crippen molar-refractivity contribution >= 4 is 5.91 Å². The highest BCUT2D eigenvalue weighted by molar-refractivity contribution is 5.94. The van der Waals surface area contributed by atoms with Gasteiger partial charge in [-0.1, -0.05) is 25.7 Å². The van der Waals surface area contributed by atoms with Crippen molar-refractivity contribution in [3.8, 4) is 6.07 Å². The lowest BCUT2D eigenvalue weighted by Crippen LogP contribution is -2.41. The maximum atomic E-state index is 12.3. The van der Waals surface area contributed by atoms with Crippen LogP contribution < -0.4 is 5.32 Å². The summed E-state index contributed by atoms with van der Waals surface area (Å²) in [7, 11) is 0. The summed E-state index contributed by atoms with van der Waals surface area (Å²) >= 11 is 0. The molecule has 0 spiro atoms. The standard InChI is InChI=1S/C18H22N2O/c19-12-13-5-7-15(8-6-13)18(21)20-17-10-9-14-3-1-2-4-16(14)11-17/h5-8,14,16-17H,1-4,9-11H2,(H,20,21)/t14-,16-,17-/m1/s1. The molecule has 110 valence electrons. The second-order valence-electron chi connectivity index (χ2n) is 6.48. The van der Waals surface area contributed by atoms with Crippen molar-refractivity contribution in [1.82, 2.24) is 5.32 Å². The van der Waals surface area contributed by atoms with Crippen LogP contribution >= 0.6 is 0 Å². The zero-order valence-electron chi connectivity index (χ0n) is 12.3. The van der Waals surface area contributed by atoms with Crippen LogP contribution in [0.1, 0.15) is 60.9 Å². The molecule has 1 amide bonds. The largest absolute Gasteiger partial charge is 0.349 e. The molecule has 1 aromatic rings. The summed E-state index contributed by atoms with van der Waals surface area (Å²) < 4.78 is 0. The second-order valence-corrected chi connectivity index (χ2v) is 6.48. The second kappa shape index (κ2) is 6.30. The van der Waals surface area contributed by atoms with Gasteiger partial charge in [0.2, 0.25) is 0 Å². The van der Waals surface area contributed by atoms with Crippen LogP contribution in [0.15, 0.2) is 24.3 Å². The molecule has 0 unspecified atom stereocenters. The fraction of sp³-hybridized carbons (Fsp3) is 0.556. The first-order chi connectivity index (χ1) is 10.3. The molecule has 0 aromatic heterocycles. The first-order valence-corrected chi connectivity index (χ1v) is 8.07. The highest BCUT2D eigenvalue weighted by Gasteiger charge is 2.32. The lowest BCUT2D eigenvalue weighted by Gasteiger charge is -2.39. The van der Waals surface area contributed by atoms with E-state index in [4.69, 9.17) is 5.26 Å². The molecule has 2 fully saturated rings.